The smallest absolute Gasteiger partial charge is 0.245 e. The summed E-state index contributed by atoms with van der Waals surface area (Å²) in [6.07, 6.45) is 2.98. The minimum Gasteiger partial charge on any atom is -0.472 e. The minimum absolute atomic E-state index is 0.0894. The van der Waals surface area contributed by atoms with E-state index in [9.17, 15) is 8.42 Å². The van der Waals surface area contributed by atoms with Crippen molar-refractivity contribution in [3.63, 3.8) is 0 Å². The van der Waals surface area contributed by atoms with Crippen molar-refractivity contribution in [1.82, 2.24) is 10.0 Å². The van der Waals surface area contributed by atoms with Crippen LogP contribution in [-0.4, -0.2) is 14.5 Å². The normalized spacial score (nSPS) is 12.2. The third-order valence-electron chi connectivity index (χ3n) is 2.73. The third kappa shape index (κ3) is 4.44. The van der Waals surface area contributed by atoms with Crippen LogP contribution in [0.1, 0.15) is 25.2 Å². The maximum atomic E-state index is 12.2. The van der Waals surface area contributed by atoms with Gasteiger partial charge in [0.05, 0.1) is 19.1 Å². The van der Waals surface area contributed by atoms with Gasteiger partial charge in [-0.1, -0.05) is 13.8 Å². The van der Waals surface area contributed by atoms with Crippen LogP contribution in [-0.2, 0) is 23.1 Å². The molecule has 2 aromatic rings. The maximum Gasteiger partial charge on any atom is 0.245 e. The predicted molar refractivity (Wildman–Crippen MR) is 81.1 cm³/mol. The highest BCUT2D eigenvalue weighted by atomic mass is 79.9. The topological polar surface area (TPSA) is 84.5 Å². The molecule has 6 nitrogen and oxygen atoms in total. The zero-order valence-corrected chi connectivity index (χ0v) is 14.1. The average molecular weight is 377 g/mol. The Bertz CT molecular complexity index is 677. The van der Waals surface area contributed by atoms with Gasteiger partial charge in [-0.2, -0.15) is 0 Å². The summed E-state index contributed by atoms with van der Waals surface area (Å²) in [5.41, 5.74) is 0.750. The Kier molecular flexibility index (Phi) is 5.26. The Morgan fingerprint density at radius 3 is 2.71 bits per heavy atom. The fraction of sp³-hybridized carbons (Fsp3) is 0.385. The first-order valence-corrected chi connectivity index (χ1v) is 8.68. The van der Waals surface area contributed by atoms with Gasteiger partial charge in [-0.15, -0.1) is 0 Å². The van der Waals surface area contributed by atoms with Crippen LogP contribution in [0.5, 0.6) is 0 Å². The summed E-state index contributed by atoms with van der Waals surface area (Å²) < 4.78 is 37.5. The second-order valence-corrected chi connectivity index (χ2v) is 7.30. The van der Waals surface area contributed by atoms with Gasteiger partial charge in [-0.05, 0) is 22.0 Å². The molecule has 2 heterocycles. The van der Waals surface area contributed by atoms with E-state index >= 15 is 0 Å². The van der Waals surface area contributed by atoms with E-state index in [1.165, 1.54) is 18.6 Å². The third-order valence-corrected chi connectivity index (χ3v) is 4.99. The van der Waals surface area contributed by atoms with Crippen LogP contribution in [0.15, 0.2) is 43.1 Å². The molecule has 0 spiro atoms. The first kappa shape index (κ1) is 16.3. The van der Waals surface area contributed by atoms with Crippen LogP contribution >= 0.6 is 15.9 Å². The lowest BCUT2D eigenvalue weighted by molar-refractivity contribution is 0.447. The largest absolute Gasteiger partial charge is 0.472 e. The molecule has 0 aliphatic heterocycles. The van der Waals surface area contributed by atoms with E-state index in [1.807, 2.05) is 13.8 Å². The molecule has 2 N–H and O–H groups in total. The maximum absolute atomic E-state index is 12.2. The summed E-state index contributed by atoms with van der Waals surface area (Å²) in [6, 6.07) is 3.50. The first-order valence-electron chi connectivity index (χ1n) is 6.41. The predicted octanol–water partition coefficient (Wildman–Crippen LogP) is 2.61. The fourth-order valence-electron chi connectivity index (χ4n) is 1.62. The van der Waals surface area contributed by atoms with Crippen molar-refractivity contribution >= 4 is 26.0 Å². The van der Waals surface area contributed by atoms with Crippen LogP contribution in [0.4, 0.5) is 0 Å². The Hall–Kier alpha value is -1.09. The zero-order chi connectivity index (χ0) is 15.5. The van der Waals surface area contributed by atoms with Gasteiger partial charge in [-0.25, -0.2) is 13.1 Å². The summed E-state index contributed by atoms with van der Waals surface area (Å²) in [7, 11) is -3.64. The molecule has 116 valence electrons. The molecule has 0 unspecified atom stereocenters. The molecule has 0 amide bonds. The highest BCUT2D eigenvalue weighted by Crippen LogP contribution is 2.26. The van der Waals surface area contributed by atoms with Gasteiger partial charge in [0.1, 0.15) is 10.7 Å². The molecular weight excluding hydrogens is 360 g/mol. The van der Waals surface area contributed by atoms with Gasteiger partial charge in [0.25, 0.3) is 0 Å². The summed E-state index contributed by atoms with van der Waals surface area (Å²) in [5.74, 6) is 0.555. The summed E-state index contributed by atoms with van der Waals surface area (Å²) in [5, 5.41) is 3.17. The molecule has 0 aliphatic carbocycles. The molecule has 0 aliphatic rings. The SMILES string of the molecule is CC(C)NCc1cc(S(=O)(=O)NCc2ccoc2)c(Br)o1. The zero-order valence-electron chi connectivity index (χ0n) is 11.7. The van der Waals surface area contributed by atoms with E-state index in [1.54, 1.807) is 6.07 Å². The first-order chi connectivity index (χ1) is 9.88. The van der Waals surface area contributed by atoms with Crippen molar-refractivity contribution < 1.29 is 17.3 Å². The number of nitrogens with one attached hydrogen (secondary N) is 2. The summed E-state index contributed by atoms with van der Waals surface area (Å²) in [4.78, 5) is 0.0894. The van der Waals surface area contributed by atoms with Crippen molar-refractivity contribution in [3.05, 3.63) is 40.7 Å². The lowest BCUT2D eigenvalue weighted by atomic mass is 10.3. The molecular formula is C13H17BrN2O4S. The molecule has 0 saturated carbocycles. The molecule has 0 bridgehead atoms. The Labute approximate surface area is 132 Å². The van der Waals surface area contributed by atoms with Crippen molar-refractivity contribution in [2.45, 2.75) is 37.9 Å². The van der Waals surface area contributed by atoms with Gasteiger partial charge >= 0.3 is 0 Å². The molecule has 0 radical (unpaired) electrons. The number of hydrogen-bond donors (Lipinski definition) is 2. The van der Waals surface area contributed by atoms with Crippen molar-refractivity contribution in [3.8, 4) is 0 Å². The van der Waals surface area contributed by atoms with Crippen LogP contribution < -0.4 is 10.0 Å². The molecule has 8 heteroatoms. The van der Waals surface area contributed by atoms with Crippen LogP contribution in [0.2, 0.25) is 0 Å². The number of halogens is 1. The number of sulfonamides is 1. The molecule has 0 atom stereocenters. The Morgan fingerprint density at radius 2 is 2.10 bits per heavy atom. The van der Waals surface area contributed by atoms with Crippen LogP contribution in [0.25, 0.3) is 0 Å². The molecule has 0 aromatic carbocycles. The Balaban J connectivity index is 2.08. The molecule has 0 saturated heterocycles. The molecule has 2 rings (SSSR count). The Morgan fingerprint density at radius 1 is 1.33 bits per heavy atom. The monoisotopic (exact) mass is 376 g/mol. The minimum atomic E-state index is -3.64. The quantitative estimate of drug-likeness (QED) is 0.775. The van der Waals surface area contributed by atoms with Gasteiger partial charge < -0.3 is 14.2 Å². The molecule has 0 fully saturated rings. The highest BCUT2D eigenvalue weighted by Gasteiger charge is 2.22. The number of hydrogen-bond acceptors (Lipinski definition) is 5. The summed E-state index contributed by atoms with van der Waals surface area (Å²) >= 11 is 3.15. The number of furan rings is 2. The van der Waals surface area contributed by atoms with Crippen molar-refractivity contribution in [2.24, 2.45) is 0 Å². The molecule has 21 heavy (non-hydrogen) atoms. The van der Waals surface area contributed by atoms with E-state index in [4.69, 9.17) is 8.83 Å². The van der Waals surface area contributed by atoms with E-state index in [-0.39, 0.29) is 22.2 Å². The second-order valence-electron chi connectivity index (χ2n) is 4.84. The summed E-state index contributed by atoms with van der Waals surface area (Å²) in [6.45, 7) is 4.63. The highest BCUT2D eigenvalue weighted by molar-refractivity contribution is 9.10. The van der Waals surface area contributed by atoms with Crippen LogP contribution in [0.3, 0.4) is 0 Å². The van der Waals surface area contributed by atoms with Crippen molar-refractivity contribution in [1.29, 1.82) is 0 Å². The van der Waals surface area contributed by atoms with Gasteiger partial charge in [0, 0.05) is 24.2 Å². The average Bonchev–Trinajstić information content (AvgIpc) is 3.03. The molecule has 2 aromatic heterocycles. The van der Waals surface area contributed by atoms with Gasteiger partial charge in [-0.3, -0.25) is 0 Å². The standard InChI is InChI=1S/C13H17BrN2O4S/c1-9(2)15-7-11-5-12(13(14)20-11)21(17,18)16-6-10-3-4-19-8-10/h3-5,8-9,15-16H,6-7H2,1-2H3. The van der Waals surface area contributed by atoms with E-state index in [0.717, 1.165) is 5.56 Å². The number of rotatable bonds is 7. The van der Waals surface area contributed by atoms with Gasteiger partial charge in [0.15, 0.2) is 4.67 Å². The van der Waals surface area contributed by atoms with Crippen LogP contribution in [0, 0.1) is 0 Å². The lowest BCUT2D eigenvalue weighted by Gasteiger charge is -2.04. The fourth-order valence-corrected chi connectivity index (χ4v) is 3.64. The van der Waals surface area contributed by atoms with E-state index < -0.39 is 10.0 Å². The van der Waals surface area contributed by atoms with E-state index in [2.05, 4.69) is 26.0 Å². The lowest BCUT2D eigenvalue weighted by Crippen LogP contribution is -2.23. The van der Waals surface area contributed by atoms with E-state index in [0.29, 0.717) is 12.3 Å². The van der Waals surface area contributed by atoms with Crippen molar-refractivity contribution in [2.75, 3.05) is 0 Å². The second kappa shape index (κ2) is 6.78. The van der Waals surface area contributed by atoms with Gasteiger partial charge in [0.2, 0.25) is 10.0 Å².